The summed E-state index contributed by atoms with van der Waals surface area (Å²) in [5, 5.41) is 2.87. The maximum absolute atomic E-state index is 13.1. The lowest BCUT2D eigenvalue weighted by atomic mass is 10.1. The van der Waals surface area contributed by atoms with Crippen LogP contribution in [0.3, 0.4) is 0 Å². The molecule has 0 bridgehead atoms. The fraction of sp³-hybridized carbons (Fsp3) is 0.440. The number of nitrogens with zero attached hydrogens (tertiary/aromatic N) is 1. The number of hydrogen-bond donors (Lipinski definition) is 2. The third kappa shape index (κ3) is 5.95. The van der Waals surface area contributed by atoms with E-state index < -0.39 is 16.1 Å². The number of likely N-dealkylation sites (tertiary alicyclic amines) is 1. The molecule has 1 aliphatic heterocycles. The summed E-state index contributed by atoms with van der Waals surface area (Å²) < 4.78 is 33.6. The number of amides is 2. The molecule has 1 unspecified atom stereocenters. The van der Waals surface area contributed by atoms with Crippen LogP contribution in [-0.2, 0) is 19.6 Å². The number of nitrogens with one attached hydrogen (secondary N) is 2. The Morgan fingerprint density at radius 3 is 2.35 bits per heavy atom. The number of hydrogen-bond acceptors (Lipinski definition) is 5. The smallest absolute Gasteiger partial charge is 0.262 e. The largest absolute Gasteiger partial charge is 0.385 e. The molecule has 1 fully saturated rings. The van der Waals surface area contributed by atoms with Crippen LogP contribution in [0.2, 0.25) is 0 Å². The SMILES string of the molecule is COCCCNC(=O)C1CCCN1C(=O)c1ccc(NS(=O)(=O)c2c(C)cc(C)cc2C)cc1. The molecule has 2 amide bonds. The predicted octanol–water partition coefficient (Wildman–Crippen LogP) is 3.17. The van der Waals surface area contributed by atoms with Crippen molar-refractivity contribution < 1.29 is 22.7 Å². The molecule has 8 nitrogen and oxygen atoms in total. The molecule has 0 saturated carbocycles. The van der Waals surface area contributed by atoms with Gasteiger partial charge in [-0.15, -0.1) is 0 Å². The zero-order valence-electron chi connectivity index (χ0n) is 20.2. The van der Waals surface area contributed by atoms with Gasteiger partial charge in [0, 0.05) is 38.1 Å². The van der Waals surface area contributed by atoms with Crippen LogP contribution in [0.25, 0.3) is 0 Å². The van der Waals surface area contributed by atoms with Crippen LogP contribution in [0.5, 0.6) is 0 Å². The van der Waals surface area contributed by atoms with E-state index in [1.165, 1.54) is 0 Å². The molecular formula is C25H33N3O5S. The summed E-state index contributed by atoms with van der Waals surface area (Å²) in [5.74, 6) is -0.399. The second-order valence-electron chi connectivity index (χ2n) is 8.70. The first-order chi connectivity index (χ1) is 16.1. The van der Waals surface area contributed by atoms with E-state index in [4.69, 9.17) is 4.74 Å². The van der Waals surface area contributed by atoms with Crippen LogP contribution in [0.1, 0.15) is 46.3 Å². The van der Waals surface area contributed by atoms with Gasteiger partial charge in [0.15, 0.2) is 0 Å². The van der Waals surface area contributed by atoms with Gasteiger partial charge in [-0.05, 0) is 75.4 Å². The highest BCUT2D eigenvalue weighted by molar-refractivity contribution is 7.92. The Morgan fingerprint density at radius 2 is 1.74 bits per heavy atom. The standard InChI is InChI=1S/C25H33N3O5S/c1-17-15-18(2)23(19(3)16-17)34(31,32)27-21-10-8-20(9-11-21)25(30)28-13-5-7-22(28)24(29)26-12-6-14-33-4/h8-11,15-16,22,27H,5-7,12-14H2,1-4H3,(H,26,29). The lowest BCUT2D eigenvalue weighted by Gasteiger charge is -2.24. The Balaban J connectivity index is 1.69. The predicted molar refractivity (Wildman–Crippen MR) is 131 cm³/mol. The van der Waals surface area contributed by atoms with E-state index in [9.17, 15) is 18.0 Å². The minimum absolute atomic E-state index is 0.157. The zero-order valence-corrected chi connectivity index (χ0v) is 21.0. The lowest BCUT2D eigenvalue weighted by molar-refractivity contribution is -0.124. The molecule has 9 heteroatoms. The number of sulfonamides is 1. The fourth-order valence-corrected chi connectivity index (χ4v) is 5.99. The molecule has 2 N–H and O–H groups in total. The van der Waals surface area contributed by atoms with Crippen molar-refractivity contribution in [3.05, 3.63) is 58.7 Å². The van der Waals surface area contributed by atoms with Gasteiger partial charge >= 0.3 is 0 Å². The van der Waals surface area contributed by atoms with Crippen molar-refractivity contribution in [1.82, 2.24) is 10.2 Å². The van der Waals surface area contributed by atoms with Crippen LogP contribution in [0.4, 0.5) is 5.69 Å². The average molecular weight is 488 g/mol. The van der Waals surface area contributed by atoms with E-state index in [2.05, 4.69) is 10.0 Å². The second kappa shape index (κ2) is 11.0. The van der Waals surface area contributed by atoms with Gasteiger partial charge in [-0.2, -0.15) is 0 Å². The molecule has 3 rings (SSSR count). The number of rotatable bonds is 9. The van der Waals surface area contributed by atoms with Crippen molar-refractivity contribution in [2.24, 2.45) is 0 Å². The normalized spacial score (nSPS) is 15.9. The minimum atomic E-state index is -3.78. The van der Waals surface area contributed by atoms with Gasteiger partial charge in [0.2, 0.25) is 5.91 Å². The third-order valence-corrected chi connectivity index (χ3v) is 7.58. The van der Waals surface area contributed by atoms with E-state index in [1.54, 1.807) is 50.1 Å². The van der Waals surface area contributed by atoms with Crippen LogP contribution in [0, 0.1) is 20.8 Å². The van der Waals surface area contributed by atoms with E-state index >= 15 is 0 Å². The van der Waals surface area contributed by atoms with E-state index in [-0.39, 0.29) is 16.7 Å². The highest BCUT2D eigenvalue weighted by atomic mass is 32.2. The maximum Gasteiger partial charge on any atom is 0.262 e. The molecule has 0 spiro atoms. The van der Waals surface area contributed by atoms with Gasteiger partial charge in [-0.25, -0.2) is 8.42 Å². The number of methoxy groups -OCH3 is 1. The molecule has 0 aliphatic carbocycles. The van der Waals surface area contributed by atoms with Gasteiger partial charge in [0.05, 0.1) is 4.90 Å². The Morgan fingerprint density at radius 1 is 1.09 bits per heavy atom. The summed E-state index contributed by atoms with van der Waals surface area (Å²) in [6, 6.07) is 9.48. The molecule has 34 heavy (non-hydrogen) atoms. The van der Waals surface area contributed by atoms with E-state index in [1.807, 2.05) is 19.1 Å². The molecule has 2 aromatic rings. The maximum atomic E-state index is 13.1. The number of anilines is 1. The van der Waals surface area contributed by atoms with Crippen molar-refractivity contribution in [3.8, 4) is 0 Å². The monoisotopic (exact) mass is 487 g/mol. The van der Waals surface area contributed by atoms with Gasteiger partial charge in [0.1, 0.15) is 6.04 Å². The lowest BCUT2D eigenvalue weighted by Crippen LogP contribution is -2.46. The third-order valence-electron chi connectivity index (χ3n) is 5.90. The van der Waals surface area contributed by atoms with Crippen LogP contribution < -0.4 is 10.0 Å². The average Bonchev–Trinajstić information content (AvgIpc) is 3.25. The Kier molecular flexibility index (Phi) is 8.33. The first-order valence-electron chi connectivity index (χ1n) is 11.4. The van der Waals surface area contributed by atoms with Crippen molar-refractivity contribution >= 4 is 27.5 Å². The first kappa shape index (κ1) is 25.7. The summed E-state index contributed by atoms with van der Waals surface area (Å²) >= 11 is 0. The van der Waals surface area contributed by atoms with Crippen molar-refractivity contribution in [2.45, 2.75) is 51.0 Å². The number of carbonyl (C=O) groups excluding carboxylic acids is 2. The van der Waals surface area contributed by atoms with Crippen molar-refractivity contribution in [1.29, 1.82) is 0 Å². The minimum Gasteiger partial charge on any atom is -0.385 e. The number of carbonyl (C=O) groups is 2. The number of ether oxygens (including phenoxy) is 1. The highest BCUT2D eigenvalue weighted by Crippen LogP contribution is 2.25. The van der Waals surface area contributed by atoms with Gasteiger partial charge in [-0.3, -0.25) is 14.3 Å². The second-order valence-corrected chi connectivity index (χ2v) is 10.3. The molecule has 1 atom stereocenters. The summed E-state index contributed by atoms with van der Waals surface area (Å²) in [5.41, 5.74) is 3.13. The van der Waals surface area contributed by atoms with Crippen molar-refractivity contribution in [3.63, 3.8) is 0 Å². The van der Waals surface area contributed by atoms with Crippen LogP contribution in [-0.4, -0.2) is 58.0 Å². The quantitative estimate of drug-likeness (QED) is 0.529. The Hall–Kier alpha value is -2.91. The Bertz CT molecular complexity index is 1120. The molecule has 184 valence electrons. The van der Waals surface area contributed by atoms with Crippen molar-refractivity contribution in [2.75, 3.05) is 31.5 Å². The molecule has 2 aromatic carbocycles. The van der Waals surface area contributed by atoms with E-state index in [0.29, 0.717) is 54.9 Å². The summed E-state index contributed by atoms with van der Waals surface area (Å²) in [6.07, 6.45) is 2.09. The molecule has 1 aliphatic rings. The van der Waals surface area contributed by atoms with Gasteiger partial charge in [-0.1, -0.05) is 17.7 Å². The number of benzene rings is 2. The van der Waals surface area contributed by atoms with Crippen LogP contribution in [0.15, 0.2) is 41.3 Å². The molecule has 1 heterocycles. The summed E-state index contributed by atoms with van der Waals surface area (Å²) in [4.78, 5) is 27.5. The molecule has 0 aromatic heterocycles. The Labute approximate surface area is 201 Å². The fourth-order valence-electron chi connectivity index (χ4n) is 4.47. The topological polar surface area (TPSA) is 105 Å². The van der Waals surface area contributed by atoms with Gasteiger partial charge in [0.25, 0.3) is 15.9 Å². The molecule has 0 radical (unpaired) electrons. The number of aryl methyl sites for hydroxylation is 3. The van der Waals surface area contributed by atoms with E-state index in [0.717, 1.165) is 12.0 Å². The summed E-state index contributed by atoms with van der Waals surface area (Å²) in [6.45, 7) is 7.05. The van der Waals surface area contributed by atoms with Crippen LogP contribution >= 0.6 is 0 Å². The summed E-state index contributed by atoms with van der Waals surface area (Å²) in [7, 11) is -2.17. The highest BCUT2D eigenvalue weighted by Gasteiger charge is 2.34. The first-order valence-corrected chi connectivity index (χ1v) is 12.9. The molecular weight excluding hydrogens is 454 g/mol. The zero-order chi connectivity index (χ0) is 24.9. The molecule has 1 saturated heterocycles. The van der Waals surface area contributed by atoms with Gasteiger partial charge < -0.3 is 15.0 Å².